The Morgan fingerprint density at radius 3 is 2.45 bits per heavy atom. The zero-order valence-electron chi connectivity index (χ0n) is 17.0. The molecule has 166 valence electrons. The fourth-order valence-corrected chi connectivity index (χ4v) is 4.44. The van der Waals surface area contributed by atoms with E-state index in [1.165, 1.54) is 17.0 Å². The van der Waals surface area contributed by atoms with Crippen molar-refractivity contribution in [1.29, 1.82) is 0 Å². The number of carbonyl (C=O) groups is 3. The zero-order chi connectivity index (χ0) is 22.6. The van der Waals surface area contributed by atoms with E-state index in [0.717, 1.165) is 5.39 Å². The predicted molar refractivity (Wildman–Crippen MR) is 112 cm³/mol. The molecule has 3 rings (SSSR count). The van der Waals surface area contributed by atoms with Crippen LogP contribution in [0.5, 0.6) is 0 Å². The van der Waals surface area contributed by atoms with E-state index in [4.69, 9.17) is 4.74 Å². The highest BCUT2D eigenvalue weighted by molar-refractivity contribution is 7.89. The van der Waals surface area contributed by atoms with Crippen LogP contribution in [-0.2, 0) is 29.1 Å². The van der Waals surface area contributed by atoms with Crippen molar-refractivity contribution < 1.29 is 32.6 Å². The Hall–Kier alpha value is -2.98. The highest BCUT2D eigenvalue weighted by Crippen LogP contribution is 2.27. The van der Waals surface area contributed by atoms with Crippen molar-refractivity contribution in [2.45, 2.75) is 43.2 Å². The third kappa shape index (κ3) is 5.80. The summed E-state index contributed by atoms with van der Waals surface area (Å²) in [5.41, 5.74) is 0. The molecule has 1 saturated carbocycles. The molecular weight excluding hydrogens is 424 g/mol. The molecule has 0 unspecified atom stereocenters. The number of benzene rings is 2. The fourth-order valence-electron chi connectivity index (χ4n) is 3.21. The zero-order valence-corrected chi connectivity index (χ0v) is 17.8. The van der Waals surface area contributed by atoms with E-state index in [1.54, 1.807) is 25.1 Å². The summed E-state index contributed by atoms with van der Waals surface area (Å²) in [5, 5.41) is 11.0. The van der Waals surface area contributed by atoms with Gasteiger partial charge in [0.05, 0.1) is 17.9 Å². The van der Waals surface area contributed by atoms with Crippen LogP contribution in [0.2, 0.25) is 0 Å². The van der Waals surface area contributed by atoms with E-state index in [9.17, 15) is 27.9 Å². The first kappa shape index (κ1) is 22.7. The third-order valence-electron chi connectivity index (χ3n) is 4.92. The average molecular weight is 448 g/mol. The van der Waals surface area contributed by atoms with Crippen molar-refractivity contribution in [2.75, 3.05) is 13.2 Å². The minimum atomic E-state index is -4.20. The lowest BCUT2D eigenvalue weighted by Gasteiger charge is -2.23. The summed E-state index contributed by atoms with van der Waals surface area (Å²) >= 11 is 0. The van der Waals surface area contributed by atoms with E-state index < -0.39 is 40.3 Å². The Balaban J connectivity index is 1.75. The normalized spacial score (nSPS) is 14.7. The van der Waals surface area contributed by atoms with Crippen LogP contribution in [0.15, 0.2) is 47.4 Å². The number of nitrogens with zero attached hydrogens (tertiary/aromatic N) is 1. The summed E-state index contributed by atoms with van der Waals surface area (Å²) in [4.78, 5) is 37.3. The van der Waals surface area contributed by atoms with Crippen molar-refractivity contribution in [3.63, 3.8) is 0 Å². The van der Waals surface area contributed by atoms with Gasteiger partial charge in [-0.25, -0.2) is 8.42 Å². The lowest BCUT2D eigenvalue weighted by atomic mass is 10.1. The summed E-state index contributed by atoms with van der Waals surface area (Å²) in [7, 11) is -4.20. The molecule has 0 aliphatic heterocycles. The van der Waals surface area contributed by atoms with Gasteiger partial charge in [-0.1, -0.05) is 30.3 Å². The molecule has 0 bridgehead atoms. The van der Waals surface area contributed by atoms with Gasteiger partial charge in [0.1, 0.15) is 12.6 Å². The van der Waals surface area contributed by atoms with Crippen LogP contribution in [0, 0.1) is 0 Å². The number of ether oxygens (including phenoxy) is 1. The number of rotatable bonds is 10. The van der Waals surface area contributed by atoms with Crippen molar-refractivity contribution in [3.8, 4) is 0 Å². The Kier molecular flexibility index (Phi) is 6.91. The van der Waals surface area contributed by atoms with Gasteiger partial charge in [0, 0.05) is 6.04 Å². The van der Waals surface area contributed by atoms with Gasteiger partial charge in [-0.2, -0.15) is 4.72 Å². The summed E-state index contributed by atoms with van der Waals surface area (Å²) in [6, 6.07) is 9.76. The Bertz CT molecular complexity index is 1100. The van der Waals surface area contributed by atoms with Crippen LogP contribution in [0.25, 0.3) is 10.8 Å². The second kappa shape index (κ2) is 9.44. The molecule has 2 N–H and O–H groups in total. The van der Waals surface area contributed by atoms with Crippen LogP contribution in [0.4, 0.5) is 0 Å². The molecule has 31 heavy (non-hydrogen) atoms. The topological polar surface area (TPSA) is 130 Å². The molecule has 0 saturated heterocycles. The molecule has 2 aromatic carbocycles. The van der Waals surface area contributed by atoms with Gasteiger partial charge in [0.2, 0.25) is 15.9 Å². The van der Waals surface area contributed by atoms with Gasteiger partial charge in [-0.05, 0) is 42.7 Å². The monoisotopic (exact) mass is 448 g/mol. The Labute approximate surface area is 180 Å². The molecule has 1 aliphatic carbocycles. The molecular formula is C21H24N2O7S. The summed E-state index contributed by atoms with van der Waals surface area (Å²) in [6.45, 7) is 1.51. The van der Waals surface area contributed by atoms with Gasteiger partial charge in [-0.15, -0.1) is 0 Å². The van der Waals surface area contributed by atoms with Gasteiger partial charge in [0.15, 0.2) is 0 Å². The molecule has 10 heteroatoms. The second-order valence-corrected chi connectivity index (χ2v) is 9.00. The molecule has 1 fully saturated rings. The van der Waals surface area contributed by atoms with E-state index in [-0.39, 0.29) is 24.1 Å². The molecule has 1 atom stereocenters. The van der Waals surface area contributed by atoms with E-state index in [1.807, 2.05) is 12.1 Å². The maximum Gasteiger partial charge on any atom is 0.325 e. The number of esters is 1. The predicted octanol–water partition coefficient (Wildman–Crippen LogP) is 1.52. The van der Waals surface area contributed by atoms with Crippen LogP contribution in [0.1, 0.15) is 26.2 Å². The minimum absolute atomic E-state index is 0.101. The molecule has 1 amide bonds. The average Bonchev–Trinajstić information content (AvgIpc) is 3.56. The second-order valence-electron chi connectivity index (χ2n) is 7.28. The number of carboxylic acids is 1. The molecule has 0 aromatic heterocycles. The van der Waals surface area contributed by atoms with Crippen LogP contribution in [-0.4, -0.2) is 61.5 Å². The maximum atomic E-state index is 12.8. The van der Waals surface area contributed by atoms with Gasteiger partial charge >= 0.3 is 11.9 Å². The lowest BCUT2D eigenvalue weighted by molar-refractivity contribution is -0.150. The number of aliphatic carboxylic acids is 1. The van der Waals surface area contributed by atoms with E-state index in [2.05, 4.69) is 4.72 Å². The van der Waals surface area contributed by atoms with Crippen molar-refractivity contribution in [3.05, 3.63) is 42.5 Å². The van der Waals surface area contributed by atoms with Gasteiger partial charge < -0.3 is 14.7 Å². The third-order valence-corrected chi connectivity index (χ3v) is 6.39. The van der Waals surface area contributed by atoms with Crippen molar-refractivity contribution >= 4 is 38.6 Å². The molecule has 0 heterocycles. The summed E-state index contributed by atoms with van der Waals surface area (Å²) in [5.74, 6) is -2.69. The number of carbonyl (C=O) groups excluding carboxylic acids is 2. The quantitative estimate of drug-likeness (QED) is 0.527. The first-order valence-electron chi connectivity index (χ1n) is 9.90. The number of carboxylic acid groups (broad SMARTS) is 1. The SMILES string of the molecule is CCOC(=O)CN(C(=O)C[C@H](NS(=O)(=O)c1ccc2ccccc2c1)C(=O)O)C1CC1. The van der Waals surface area contributed by atoms with Crippen LogP contribution < -0.4 is 4.72 Å². The molecule has 1 aliphatic rings. The van der Waals surface area contributed by atoms with Gasteiger partial charge in [0.25, 0.3) is 0 Å². The van der Waals surface area contributed by atoms with E-state index in [0.29, 0.717) is 18.2 Å². The minimum Gasteiger partial charge on any atom is -0.480 e. The number of nitrogens with one attached hydrogen (secondary N) is 1. The number of amides is 1. The first-order valence-corrected chi connectivity index (χ1v) is 11.4. The van der Waals surface area contributed by atoms with Crippen LogP contribution >= 0.6 is 0 Å². The number of hydrogen-bond donors (Lipinski definition) is 2. The highest BCUT2D eigenvalue weighted by Gasteiger charge is 2.37. The largest absolute Gasteiger partial charge is 0.480 e. The number of hydrogen-bond acceptors (Lipinski definition) is 6. The standard InChI is InChI=1S/C21H24N2O7S/c1-2-30-20(25)13-23(16-8-9-16)19(24)12-18(21(26)27)22-31(28,29)17-10-7-14-5-3-4-6-15(14)11-17/h3-7,10-11,16,18,22H,2,8-9,12-13H2,1H3,(H,26,27)/t18-/m0/s1. The Morgan fingerprint density at radius 2 is 1.84 bits per heavy atom. The highest BCUT2D eigenvalue weighted by atomic mass is 32.2. The molecule has 0 spiro atoms. The summed E-state index contributed by atoms with van der Waals surface area (Å²) in [6.07, 6.45) is 0.787. The maximum absolute atomic E-state index is 12.8. The van der Waals surface area contributed by atoms with Crippen LogP contribution in [0.3, 0.4) is 0 Å². The number of sulfonamides is 1. The number of fused-ring (bicyclic) bond motifs is 1. The summed E-state index contributed by atoms with van der Waals surface area (Å²) < 4.78 is 32.5. The smallest absolute Gasteiger partial charge is 0.325 e. The van der Waals surface area contributed by atoms with Gasteiger partial charge in [-0.3, -0.25) is 14.4 Å². The molecule has 2 aromatic rings. The fraction of sp³-hybridized carbons (Fsp3) is 0.381. The first-order chi connectivity index (χ1) is 14.7. The van der Waals surface area contributed by atoms with Crippen molar-refractivity contribution in [1.82, 2.24) is 9.62 Å². The van der Waals surface area contributed by atoms with E-state index >= 15 is 0 Å². The molecule has 9 nitrogen and oxygen atoms in total. The molecule has 0 radical (unpaired) electrons. The lowest BCUT2D eigenvalue weighted by Crippen LogP contribution is -2.46. The van der Waals surface area contributed by atoms with Crippen molar-refractivity contribution in [2.24, 2.45) is 0 Å². The Morgan fingerprint density at radius 1 is 1.16 bits per heavy atom.